The van der Waals surface area contributed by atoms with Gasteiger partial charge in [0.1, 0.15) is 18.1 Å². The van der Waals surface area contributed by atoms with E-state index in [-0.39, 0.29) is 18.3 Å². The second-order valence-corrected chi connectivity index (χ2v) is 7.15. The van der Waals surface area contributed by atoms with Gasteiger partial charge in [0.25, 0.3) is 5.91 Å². The first-order valence-corrected chi connectivity index (χ1v) is 9.15. The van der Waals surface area contributed by atoms with E-state index in [0.29, 0.717) is 16.5 Å². The van der Waals surface area contributed by atoms with Gasteiger partial charge in [0, 0.05) is 10.2 Å². The number of halogens is 2. The summed E-state index contributed by atoms with van der Waals surface area (Å²) in [5.74, 6) is 1.01. The van der Waals surface area contributed by atoms with Crippen molar-refractivity contribution in [3.05, 3.63) is 80.7 Å². The second kappa shape index (κ2) is 7.98. The number of hydrogen-bond acceptors (Lipinski definition) is 3. The molecule has 134 valence electrons. The molecule has 0 saturated carbocycles. The van der Waals surface area contributed by atoms with Gasteiger partial charge in [0.2, 0.25) is 0 Å². The summed E-state index contributed by atoms with van der Waals surface area (Å²) in [5.41, 5.74) is 2.91. The van der Waals surface area contributed by atoms with Crippen molar-refractivity contribution in [3.63, 3.8) is 0 Å². The van der Waals surface area contributed by atoms with Crippen LogP contribution >= 0.6 is 27.5 Å². The van der Waals surface area contributed by atoms with Gasteiger partial charge >= 0.3 is 0 Å². The van der Waals surface area contributed by atoms with Crippen molar-refractivity contribution in [1.29, 1.82) is 0 Å². The number of carbonyl (C=O) groups excluding carboxylic acids is 1. The number of benzene rings is 2. The number of furan rings is 1. The molecule has 0 unspecified atom stereocenters. The number of ether oxygens (including phenoxy) is 1. The summed E-state index contributed by atoms with van der Waals surface area (Å²) in [4.78, 5) is 12.4. The van der Waals surface area contributed by atoms with Crippen molar-refractivity contribution < 1.29 is 13.9 Å². The molecule has 26 heavy (non-hydrogen) atoms. The maximum absolute atomic E-state index is 12.4. The molecule has 6 heteroatoms. The Morgan fingerprint density at radius 2 is 2.00 bits per heavy atom. The Kier molecular flexibility index (Phi) is 5.69. The van der Waals surface area contributed by atoms with Crippen molar-refractivity contribution in [3.8, 4) is 5.75 Å². The predicted molar refractivity (Wildman–Crippen MR) is 106 cm³/mol. The first-order valence-electron chi connectivity index (χ1n) is 7.98. The molecule has 0 aliphatic heterocycles. The minimum atomic E-state index is -0.299. The largest absolute Gasteiger partial charge is 0.484 e. The van der Waals surface area contributed by atoms with Gasteiger partial charge in [0.15, 0.2) is 5.76 Å². The molecule has 0 atom stereocenters. The summed E-state index contributed by atoms with van der Waals surface area (Å²) < 4.78 is 12.1. The van der Waals surface area contributed by atoms with E-state index in [2.05, 4.69) is 21.2 Å². The lowest BCUT2D eigenvalue weighted by Crippen LogP contribution is -2.12. The average molecular weight is 435 g/mol. The molecule has 1 aromatic heterocycles. The van der Waals surface area contributed by atoms with Crippen LogP contribution in [0, 0.1) is 13.8 Å². The number of amides is 1. The Bertz CT molecular complexity index is 952. The average Bonchev–Trinajstić information content (AvgIpc) is 3.07. The van der Waals surface area contributed by atoms with Gasteiger partial charge < -0.3 is 14.5 Å². The number of carbonyl (C=O) groups is 1. The van der Waals surface area contributed by atoms with E-state index in [0.717, 1.165) is 21.3 Å². The van der Waals surface area contributed by atoms with Crippen LogP contribution < -0.4 is 10.1 Å². The molecule has 0 fully saturated rings. The number of nitrogens with one attached hydrogen (secondary N) is 1. The number of rotatable bonds is 5. The van der Waals surface area contributed by atoms with Crippen LogP contribution in [0.5, 0.6) is 5.75 Å². The third-order valence-corrected chi connectivity index (χ3v) is 4.79. The normalized spacial score (nSPS) is 10.6. The van der Waals surface area contributed by atoms with Gasteiger partial charge in [0.05, 0.1) is 5.02 Å². The highest BCUT2D eigenvalue weighted by Crippen LogP contribution is 2.28. The zero-order chi connectivity index (χ0) is 18.7. The Morgan fingerprint density at radius 3 is 2.77 bits per heavy atom. The summed E-state index contributed by atoms with van der Waals surface area (Å²) >= 11 is 9.46. The predicted octanol–water partition coefficient (Wildman–Crippen LogP) is 6.14. The molecule has 0 bridgehead atoms. The summed E-state index contributed by atoms with van der Waals surface area (Å²) in [6, 6.07) is 14.5. The molecule has 1 heterocycles. The first kappa shape index (κ1) is 18.5. The summed E-state index contributed by atoms with van der Waals surface area (Å²) in [6.45, 7) is 4.15. The zero-order valence-corrected chi connectivity index (χ0v) is 16.6. The minimum absolute atomic E-state index is 0.179. The maximum atomic E-state index is 12.4. The molecule has 1 N–H and O–H groups in total. The fourth-order valence-electron chi connectivity index (χ4n) is 2.39. The smallest absolute Gasteiger partial charge is 0.291 e. The highest BCUT2D eigenvalue weighted by atomic mass is 79.9. The van der Waals surface area contributed by atoms with E-state index in [1.807, 2.05) is 38.1 Å². The van der Waals surface area contributed by atoms with Gasteiger partial charge in [-0.05, 0) is 61.4 Å². The number of anilines is 1. The van der Waals surface area contributed by atoms with Crippen LogP contribution in [0.4, 0.5) is 5.69 Å². The SMILES string of the molecule is Cc1cccc(NC(=O)c2ccc(COc3ccc(Br)cc3Cl)o2)c1C. The lowest BCUT2D eigenvalue weighted by Gasteiger charge is -2.09. The minimum Gasteiger partial charge on any atom is -0.484 e. The van der Waals surface area contributed by atoms with E-state index in [1.165, 1.54) is 0 Å². The second-order valence-electron chi connectivity index (χ2n) is 5.83. The molecule has 2 aromatic carbocycles. The van der Waals surface area contributed by atoms with Gasteiger partial charge in [-0.1, -0.05) is 39.7 Å². The van der Waals surface area contributed by atoms with E-state index in [4.69, 9.17) is 20.8 Å². The topological polar surface area (TPSA) is 51.5 Å². The van der Waals surface area contributed by atoms with Crippen LogP contribution in [0.3, 0.4) is 0 Å². The first-order chi connectivity index (χ1) is 12.4. The molecule has 0 radical (unpaired) electrons. The Morgan fingerprint density at radius 1 is 1.19 bits per heavy atom. The third-order valence-electron chi connectivity index (χ3n) is 4.00. The lowest BCUT2D eigenvalue weighted by molar-refractivity contribution is 0.0992. The standard InChI is InChI=1S/C20H17BrClNO3/c1-12-4-3-5-17(13(12)2)23-20(24)19-9-7-15(26-19)11-25-18-8-6-14(21)10-16(18)22/h3-10H,11H2,1-2H3,(H,23,24). The molecule has 4 nitrogen and oxygen atoms in total. The van der Waals surface area contributed by atoms with E-state index >= 15 is 0 Å². The third kappa shape index (κ3) is 4.29. The molecule has 1 amide bonds. The lowest BCUT2D eigenvalue weighted by atomic mass is 10.1. The van der Waals surface area contributed by atoms with Crippen LogP contribution in [0.15, 0.2) is 57.4 Å². The van der Waals surface area contributed by atoms with Crippen molar-refractivity contribution in [2.24, 2.45) is 0 Å². The van der Waals surface area contributed by atoms with Crippen LogP contribution in [0.2, 0.25) is 5.02 Å². The molecule has 3 aromatic rings. The number of aryl methyl sites for hydroxylation is 1. The highest BCUT2D eigenvalue weighted by molar-refractivity contribution is 9.10. The molecule has 3 rings (SSSR count). The van der Waals surface area contributed by atoms with Gasteiger partial charge in [-0.25, -0.2) is 0 Å². The Hall–Kier alpha value is -2.24. The van der Waals surface area contributed by atoms with Crippen LogP contribution in [-0.4, -0.2) is 5.91 Å². The molecule has 0 aliphatic carbocycles. The van der Waals surface area contributed by atoms with E-state index in [9.17, 15) is 4.79 Å². The molecular formula is C20H17BrClNO3. The Labute approximate surface area is 165 Å². The molecule has 0 spiro atoms. The maximum Gasteiger partial charge on any atom is 0.291 e. The number of hydrogen-bond donors (Lipinski definition) is 1. The monoisotopic (exact) mass is 433 g/mol. The highest BCUT2D eigenvalue weighted by Gasteiger charge is 2.14. The summed E-state index contributed by atoms with van der Waals surface area (Å²) in [5, 5.41) is 3.37. The van der Waals surface area contributed by atoms with Crippen LogP contribution in [0.25, 0.3) is 0 Å². The van der Waals surface area contributed by atoms with Crippen LogP contribution in [0.1, 0.15) is 27.4 Å². The van der Waals surface area contributed by atoms with Gasteiger partial charge in [-0.2, -0.15) is 0 Å². The quantitative estimate of drug-likeness (QED) is 0.524. The van der Waals surface area contributed by atoms with Gasteiger partial charge in [-0.3, -0.25) is 4.79 Å². The molecular weight excluding hydrogens is 418 g/mol. The fraction of sp³-hybridized carbons (Fsp3) is 0.150. The molecule has 0 saturated heterocycles. The van der Waals surface area contributed by atoms with Crippen molar-refractivity contribution in [2.45, 2.75) is 20.5 Å². The van der Waals surface area contributed by atoms with Crippen molar-refractivity contribution in [1.82, 2.24) is 0 Å². The molecule has 0 aliphatic rings. The Balaban J connectivity index is 1.65. The van der Waals surface area contributed by atoms with Crippen molar-refractivity contribution >= 4 is 39.1 Å². The van der Waals surface area contributed by atoms with E-state index in [1.54, 1.807) is 24.3 Å². The summed E-state index contributed by atoms with van der Waals surface area (Å²) in [6.07, 6.45) is 0. The van der Waals surface area contributed by atoms with Crippen LogP contribution in [-0.2, 0) is 6.61 Å². The van der Waals surface area contributed by atoms with Gasteiger partial charge in [-0.15, -0.1) is 0 Å². The zero-order valence-electron chi connectivity index (χ0n) is 14.3. The van der Waals surface area contributed by atoms with E-state index < -0.39 is 0 Å². The summed E-state index contributed by atoms with van der Waals surface area (Å²) in [7, 11) is 0. The fourth-order valence-corrected chi connectivity index (χ4v) is 3.12. The van der Waals surface area contributed by atoms with Crippen molar-refractivity contribution in [2.75, 3.05) is 5.32 Å².